The molecule has 0 saturated carbocycles. The number of benzene rings is 1. The number of nitrogens with zero attached hydrogens (tertiary/aromatic N) is 2. The van der Waals surface area contributed by atoms with Crippen molar-refractivity contribution in [3.8, 4) is 0 Å². The van der Waals surface area contributed by atoms with Gasteiger partial charge in [0.15, 0.2) is 5.96 Å². The number of aromatic nitrogens is 1. The average Bonchev–Trinajstić information content (AvgIpc) is 3.02. The molecule has 0 aliphatic rings. The van der Waals surface area contributed by atoms with Crippen molar-refractivity contribution < 1.29 is 4.39 Å². The van der Waals surface area contributed by atoms with E-state index in [0.29, 0.717) is 18.1 Å². The summed E-state index contributed by atoms with van der Waals surface area (Å²) in [6.07, 6.45) is 3.81. The zero-order valence-corrected chi connectivity index (χ0v) is 19.0. The molecule has 0 radical (unpaired) electrons. The smallest absolute Gasteiger partial charge is 0.191 e. The number of guanidine groups is 1. The van der Waals surface area contributed by atoms with Crippen LogP contribution >= 0.6 is 51.2 Å². The molecule has 2 rings (SSSR count). The summed E-state index contributed by atoms with van der Waals surface area (Å²) in [7, 11) is 0. The van der Waals surface area contributed by atoms with Gasteiger partial charge in [0.1, 0.15) is 5.82 Å². The zero-order chi connectivity index (χ0) is 17.4. The van der Waals surface area contributed by atoms with Crippen molar-refractivity contribution in [2.45, 2.75) is 33.2 Å². The second-order valence-corrected chi connectivity index (χ2v) is 7.30. The van der Waals surface area contributed by atoms with Gasteiger partial charge in [0, 0.05) is 40.6 Å². The predicted octanol–water partition coefficient (Wildman–Crippen LogP) is 4.52. The summed E-state index contributed by atoms with van der Waals surface area (Å²) in [6.45, 7) is 5.93. The maximum Gasteiger partial charge on any atom is 0.191 e. The topological polar surface area (TPSA) is 49.3 Å². The summed E-state index contributed by atoms with van der Waals surface area (Å²) in [5, 5.41) is 7.57. The molecule has 2 N–H and O–H groups in total. The van der Waals surface area contributed by atoms with Gasteiger partial charge in [-0.2, -0.15) is 0 Å². The van der Waals surface area contributed by atoms with E-state index in [-0.39, 0.29) is 29.8 Å². The molecule has 0 aliphatic carbocycles. The van der Waals surface area contributed by atoms with Crippen molar-refractivity contribution in [2.24, 2.45) is 4.99 Å². The quantitative estimate of drug-likeness (QED) is 0.308. The van der Waals surface area contributed by atoms with Crippen molar-refractivity contribution in [3.05, 3.63) is 50.1 Å². The van der Waals surface area contributed by atoms with Gasteiger partial charge in [-0.1, -0.05) is 28.9 Å². The Morgan fingerprint density at radius 3 is 2.76 bits per heavy atom. The fourth-order valence-electron chi connectivity index (χ4n) is 2.07. The number of halogens is 3. The average molecular weight is 541 g/mol. The van der Waals surface area contributed by atoms with E-state index in [0.717, 1.165) is 35.4 Å². The van der Waals surface area contributed by atoms with Crippen LogP contribution in [-0.2, 0) is 19.4 Å². The number of aryl methyl sites for hydroxylation is 1. The molecule has 0 fully saturated rings. The van der Waals surface area contributed by atoms with Crippen LogP contribution in [0.4, 0.5) is 4.39 Å². The van der Waals surface area contributed by atoms with E-state index in [1.54, 1.807) is 17.4 Å². The molecule has 1 heterocycles. The molecule has 2 aromatic rings. The standard InChI is InChI=1S/C17H22BrFN4S.HI/c1-3-14-11-22-16(24-14)7-8-21-17(20-4-2)23-10-12-5-6-13(18)9-15(12)19;/h5-6,9,11H,3-4,7-8,10H2,1-2H3,(H2,20,21,23);1H. The summed E-state index contributed by atoms with van der Waals surface area (Å²) in [4.78, 5) is 10.2. The van der Waals surface area contributed by atoms with Crippen molar-refractivity contribution in [1.29, 1.82) is 0 Å². The molecule has 0 amide bonds. The Labute approximate surface area is 177 Å². The molecule has 8 heteroatoms. The summed E-state index contributed by atoms with van der Waals surface area (Å²) < 4.78 is 14.6. The largest absolute Gasteiger partial charge is 0.357 e. The summed E-state index contributed by atoms with van der Waals surface area (Å²) >= 11 is 5.00. The number of hydrogen-bond donors (Lipinski definition) is 2. The molecule has 25 heavy (non-hydrogen) atoms. The normalized spacial score (nSPS) is 11.1. The minimum absolute atomic E-state index is 0. The van der Waals surface area contributed by atoms with E-state index in [1.165, 1.54) is 10.9 Å². The summed E-state index contributed by atoms with van der Waals surface area (Å²) in [5.74, 6) is 0.436. The highest BCUT2D eigenvalue weighted by Crippen LogP contribution is 2.16. The molecule has 0 spiro atoms. The summed E-state index contributed by atoms with van der Waals surface area (Å²) in [5.41, 5.74) is 0.572. The van der Waals surface area contributed by atoms with Crippen LogP contribution < -0.4 is 10.6 Å². The van der Waals surface area contributed by atoms with Crippen LogP contribution in [0, 0.1) is 5.82 Å². The SMILES string of the molecule is CCNC(=NCc1ccc(Br)cc1F)NCCc1ncc(CC)s1.I. The Morgan fingerprint density at radius 2 is 2.12 bits per heavy atom. The molecule has 4 nitrogen and oxygen atoms in total. The van der Waals surface area contributed by atoms with E-state index in [9.17, 15) is 4.39 Å². The lowest BCUT2D eigenvalue weighted by molar-refractivity contribution is 0.609. The molecule has 138 valence electrons. The van der Waals surface area contributed by atoms with Crippen molar-refractivity contribution >= 4 is 57.2 Å². The second kappa shape index (κ2) is 11.8. The fraction of sp³-hybridized carbons (Fsp3) is 0.412. The molecule has 1 aromatic heterocycles. The lowest BCUT2D eigenvalue weighted by Crippen LogP contribution is -2.38. The van der Waals surface area contributed by atoms with Crippen molar-refractivity contribution in [2.75, 3.05) is 13.1 Å². The maximum absolute atomic E-state index is 13.8. The fourth-order valence-corrected chi connectivity index (χ4v) is 3.27. The zero-order valence-electron chi connectivity index (χ0n) is 14.3. The number of hydrogen-bond acceptors (Lipinski definition) is 3. The maximum atomic E-state index is 13.8. The van der Waals surface area contributed by atoms with Gasteiger partial charge in [-0.3, -0.25) is 0 Å². The molecule has 1 aromatic carbocycles. The number of thiazole rings is 1. The van der Waals surface area contributed by atoms with E-state index in [2.05, 4.69) is 43.5 Å². The van der Waals surface area contributed by atoms with Crippen molar-refractivity contribution in [3.63, 3.8) is 0 Å². The van der Waals surface area contributed by atoms with Crippen molar-refractivity contribution in [1.82, 2.24) is 15.6 Å². The van der Waals surface area contributed by atoms with Crippen LogP contribution in [0.1, 0.15) is 29.3 Å². The van der Waals surface area contributed by atoms with Crippen LogP contribution in [0.3, 0.4) is 0 Å². The highest BCUT2D eigenvalue weighted by molar-refractivity contribution is 14.0. The second-order valence-electron chi connectivity index (χ2n) is 5.18. The number of aliphatic imine (C=N–C) groups is 1. The minimum atomic E-state index is -0.251. The molecule has 0 unspecified atom stereocenters. The van der Waals surface area contributed by atoms with Gasteiger partial charge >= 0.3 is 0 Å². The first-order valence-electron chi connectivity index (χ1n) is 8.02. The van der Waals surface area contributed by atoms with E-state index in [4.69, 9.17) is 0 Å². The number of rotatable bonds is 7. The van der Waals surface area contributed by atoms with Gasteiger partial charge in [0.05, 0.1) is 11.6 Å². The molecule has 0 bridgehead atoms. The third kappa shape index (κ3) is 7.57. The van der Waals surface area contributed by atoms with Crippen LogP contribution in [0.2, 0.25) is 0 Å². The van der Waals surface area contributed by atoms with Gasteiger partial charge in [0.2, 0.25) is 0 Å². The van der Waals surface area contributed by atoms with Crippen LogP contribution in [0.25, 0.3) is 0 Å². The Morgan fingerprint density at radius 1 is 1.32 bits per heavy atom. The molecule has 0 aliphatic heterocycles. The molecule has 0 atom stereocenters. The van der Waals surface area contributed by atoms with Gasteiger partial charge in [0.25, 0.3) is 0 Å². The van der Waals surface area contributed by atoms with Crippen LogP contribution in [-0.4, -0.2) is 24.0 Å². The highest BCUT2D eigenvalue weighted by Gasteiger charge is 2.04. The first-order valence-corrected chi connectivity index (χ1v) is 9.63. The molecular formula is C17H23BrFIN4S. The third-order valence-electron chi connectivity index (χ3n) is 3.35. The Bertz CT molecular complexity index is 693. The predicted molar refractivity (Wildman–Crippen MR) is 118 cm³/mol. The van der Waals surface area contributed by atoms with Crippen LogP contribution in [0.5, 0.6) is 0 Å². The van der Waals surface area contributed by atoms with Gasteiger partial charge < -0.3 is 10.6 Å². The third-order valence-corrected chi connectivity index (χ3v) is 5.04. The lowest BCUT2D eigenvalue weighted by atomic mass is 10.2. The first-order chi connectivity index (χ1) is 11.6. The van der Waals surface area contributed by atoms with E-state index >= 15 is 0 Å². The van der Waals surface area contributed by atoms with Crippen LogP contribution in [0.15, 0.2) is 33.9 Å². The number of nitrogens with one attached hydrogen (secondary N) is 2. The Kier molecular flexibility index (Phi) is 10.5. The van der Waals surface area contributed by atoms with E-state index in [1.807, 2.05) is 19.2 Å². The van der Waals surface area contributed by atoms with Gasteiger partial charge in [-0.25, -0.2) is 14.4 Å². The molecule has 0 saturated heterocycles. The summed E-state index contributed by atoms with van der Waals surface area (Å²) in [6, 6.07) is 5.02. The molecular weight excluding hydrogens is 518 g/mol. The Hall–Kier alpha value is -0.740. The minimum Gasteiger partial charge on any atom is -0.357 e. The first kappa shape index (κ1) is 22.3. The lowest BCUT2D eigenvalue weighted by Gasteiger charge is -2.11. The monoisotopic (exact) mass is 540 g/mol. The van der Waals surface area contributed by atoms with E-state index < -0.39 is 0 Å². The highest BCUT2D eigenvalue weighted by atomic mass is 127. The van der Waals surface area contributed by atoms with Gasteiger partial charge in [-0.05, 0) is 25.5 Å². The Balaban J connectivity index is 0.00000312. The van der Waals surface area contributed by atoms with Gasteiger partial charge in [-0.15, -0.1) is 35.3 Å².